The Morgan fingerprint density at radius 3 is 1.63 bits per heavy atom. The first-order valence-corrected chi connectivity index (χ1v) is 14.0. The van der Waals surface area contributed by atoms with Gasteiger partial charge in [-0.3, -0.25) is 0 Å². The van der Waals surface area contributed by atoms with Crippen LogP contribution in [-0.4, -0.2) is 5.11 Å². The Hall–Kier alpha value is -1.50. The van der Waals surface area contributed by atoms with Crippen molar-refractivity contribution in [2.75, 3.05) is 0 Å². The zero-order valence-corrected chi connectivity index (χ0v) is 23.9. The van der Waals surface area contributed by atoms with E-state index in [0.717, 1.165) is 51.8 Å². The lowest BCUT2D eigenvalue weighted by Crippen LogP contribution is -2.16. The van der Waals surface area contributed by atoms with Crippen molar-refractivity contribution in [2.24, 2.45) is 35.5 Å². The lowest BCUT2D eigenvalue weighted by Gasteiger charge is -2.22. The lowest BCUT2D eigenvalue weighted by molar-refractivity contribution is 0.265. The Balaban J connectivity index is -0.000000449. The highest BCUT2D eigenvalue weighted by atomic mass is 16.3. The number of phenolic OH excluding ortho intramolecular Hbond substituents is 1. The Morgan fingerprint density at radius 1 is 0.771 bits per heavy atom. The molecule has 0 bridgehead atoms. The maximum atomic E-state index is 9.66. The van der Waals surface area contributed by atoms with Crippen molar-refractivity contribution in [2.45, 2.75) is 123 Å². The zero-order chi connectivity index (χ0) is 25.6. The van der Waals surface area contributed by atoms with Crippen molar-refractivity contribution in [3.05, 3.63) is 42.0 Å². The highest BCUT2D eigenvalue weighted by Crippen LogP contribution is 2.55. The average Bonchev–Trinajstić information content (AvgIpc) is 3.43. The molecule has 1 heteroatoms. The van der Waals surface area contributed by atoms with E-state index in [9.17, 15) is 5.11 Å². The van der Waals surface area contributed by atoms with Crippen LogP contribution in [0.15, 0.2) is 36.4 Å². The van der Waals surface area contributed by atoms with Gasteiger partial charge in [-0.2, -0.15) is 0 Å². The number of aromatic hydroxyl groups is 1. The second kappa shape index (κ2) is 20.7. The molecule has 4 rings (SSSR count). The smallest absolute Gasteiger partial charge is 0.126 e. The highest BCUT2D eigenvalue weighted by Gasteiger charge is 2.46. The third-order valence-corrected chi connectivity index (χ3v) is 7.08. The van der Waals surface area contributed by atoms with Gasteiger partial charge in [-0.05, 0) is 72.6 Å². The molecule has 206 valence electrons. The molecule has 2 aliphatic rings. The van der Waals surface area contributed by atoms with Crippen LogP contribution in [0.5, 0.6) is 5.75 Å². The zero-order valence-electron chi connectivity index (χ0n) is 23.9. The van der Waals surface area contributed by atoms with Gasteiger partial charge in [0.1, 0.15) is 5.75 Å². The Morgan fingerprint density at radius 2 is 1.20 bits per heavy atom. The minimum atomic E-state index is 0. The van der Waals surface area contributed by atoms with Crippen LogP contribution in [0.1, 0.15) is 122 Å². The number of hydrogen-bond donors (Lipinski definition) is 1. The molecule has 0 aliphatic heterocycles. The van der Waals surface area contributed by atoms with Gasteiger partial charge in [0.25, 0.3) is 0 Å². The number of aryl methyl sites for hydroxylation is 1. The molecule has 0 amide bonds. The fourth-order valence-electron chi connectivity index (χ4n) is 5.64. The summed E-state index contributed by atoms with van der Waals surface area (Å²) in [5.41, 5.74) is 0.925. The van der Waals surface area contributed by atoms with Crippen LogP contribution < -0.4 is 0 Å². The summed E-state index contributed by atoms with van der Waals surface area (Å²) in [6, 6.07) is 11.8. The molecular formula is C34H64O. The normalized spacial score (nSPS) is 21.4. The van der Waals surface area contributed by atoms with Gasteiger partial charge in [0.15, 0.2) is 0 Å². The second-order valence-corrected chi connectivity index (χ2v) is 9.97. The molecular weight excluding hydrogens is 424 g/mol. The van der Waals surface area contributed by atoms with E-state index in [2.05, 4.69) is 41.5 Å². The summed E-state index contributed by atoms with van der Waals surface area (Å²) >= 11 is 0. The molecule has 1 N–H and O–H groups in total. The molecule has 4 atom stereocenters. The third-order valence-electron chi connectivity index (χ3n) is 7.08. The van der Waals surface area contributed by atoms with Crippen LogP contribution >= 0.6 is 0 Å². The van der Waals surface area contributed by atoms with E-state index in [-0.39, 0.29) is 14.9 Å². The van der Waals surface area contributed by atoms with Gasteiger partial charge in [-0.15, -0.1) is 0 Å². The summed E-state index contributed by atoms with van der Waals surface area (Å²) < 4.78 is 0. The molecule has 2 fully saturated rings. The monoisotopic (exact) mass is 488 g/mol. The molecule has 2 aromatic rings. The molecule has 0 radical (unpaired) electrons. The van der Waals surface area contributed by atoms with Gasteiger partial charge in [-0.25, -0.2) is 0 Å². The fourth-order valence-corrected chi connectivity index (χ4v) is 5.64. The maximum Gasteiger partial charge on any atom is 0.126 e. The van der Waals surface area contributed by atoms with Crippen molar-refractivity contribution in [3.63, 3.8) is 0 Å². The Bertz CT molecular complexity index is 721. The quantitative estimate of drug-likeness (QED) is 0.445. The number of hydrogen-bond acceptors (Lipinski definition) is 1. The van der Waals surface area contributed by atoms with E-state index in [1.807, 2.05) is 71.0 Å². The minimum Gasteiger partial charge on any atom is -0.507 e. The molecule has 0 heterocycles. The first-order chi connectivity index (χ1) is 15.8. The minimum absolute atomic E-state index is 0. The summed E-state index contributed by atoms with van der Waals surface area (Å²) in [7, 11) is 0. The molecule has 2 aromatic carbocycles. The van der Waals surface area contributed by atoms with Gasteiger partial charge in [0.05, 0.1) is 0 Å². The number of fused-ring (bicyclic) bond motifs is 2. The average molecular weight is 489 g/mol. The van der Waals surface area contributed by atoms with E-state index in [4.69, 9.17) is 0 Å². The van der Waals surface area contributed by atoms with Gasteiger partial charge in [0, 0.05) is 5.39 Å². The first-order valence-electron chi connectivity index (χ1n) is 14.0. The number of phenols is 1. The van der Waals surface area contributed by atoms with Crippen LogP contribution in [0.25, 0.3) is 10.8 Å². The summed E-state index contributed by atoms with van der Waals surface area (Å²) in [4.78, 5) is 0. The molecule has 0 saturated heterocycles. The summed E-state index contributed by atoms with van der Waals surface area (Å²) in [6.07, 6.45) is 7.37. The van der Waals surface area contributed by atoms with Crippen molar-refractivity contribution < 1.29 is 5.11 Å². The van der Waals surface area contributed by atoms with E-state index >= 15 is 0 Å². The molecule has 1 nitrogen and oxygen atoms in total. The van der Waals surface area contributed by atoms with Gasteiger partial charge in [0.2, 0.25) is 0 Å². The van der Waals surface area contributed by atoms with E-state index in [0.29, 0.717) is 5.75 Å². The van der Waals surface area contributed by atoms with Gasteiger partial charge >= 0.3 is 0 Å². The second-order valence-electron chi connectivity index (χ2n) is 9.97. The van der Waals surface area contributed by atoms with Gasteiger partial charge in [-0.1, -0.05) is 133 Å². The predicted octanol–water partition coefficient (Wildman–Crippen LogP) is 11.9. The molecule has 35 heavy (non-hydrogen) atoms. The van der Waals surface area contributed by atoms with Crippen LogP contribution in [-0.2, 0) is 0 Å². The number of rotatable bonds is 2. The topological polar surface area (TPSA) is 20.2 Å². The van der Waals surface area contributed by atoms with Crippen molar-refractivity contribution >= 4 is 10.8 Å². The molecule has 0 spiro atoms. The molecule has 4 unspecified atom stereocenters. The van der Waals surface area contributed by atoms with E-state index < -0.39 is 0 Å². The van der Waals surface area contributed by atoms with Crippen molar-refractivity contribution in [3.8, 4) is 5.75 Å². The van der Waals surface area contributed by atoms with Gasteiger partial charge < -0.3 is 5.11 Å². The van der Waals surface area contributed by atoms with Crippen LogP contribution in [0.4, 0.5) is 0 Å². The van der Waals surface area contributed by atoms with E-state index in [1.165, 1.54) is 32.1 Å². The molecule has 0 aromatic heterocycles. The van der Waals surface area contributed by atoms with Crippen molar-refractivity contribution in [1.82, 2.24) is 0 Å². The highest BCUT2D eigenvalue weighted by molar-refractivity contribution is 5.89. The third kappa shape index (κ3) is 11.0. The molecule has 2 aliphatic carbocycles. The molecule has 2 saturated carbocycles. The standard InChI is InChI=1S/C14H26.C11H10O.C3H8.2C2H6.2CH4/c1-9(2)13-8-14(10(3)4)12-7-5-6-11(12)13;1-8-6-7-9-4-2-3-5-10(9)11(8)12;1-3-2;2*1-2;;/h9-14H,5-8H2,1-4H3;2-7,12H,1H3;3H2,1-2H3;2*1-2H3;2*1H4. The van der Waals surface area contributed by atoms with E-state index in [1.54, 1.807) is 0 Å². The van der Waals surface area contributed by atoms with Crippen LogP contribution in [0, 0.1) is 42.4 Å². The Kier molecular flexibility index (Phi) is 22.5. The SMILES string of the molecule is C.C.CC.CC.CC(C)C1CC(C(C)C)C2CCCC12.CCC.Cc1ccc2ccccc2c1O. The van der Waals surface area contributed by atoms with Crippen LogP contribution in [0.2, 0.25) is 0 Å². The lowest BCUT2D eigenvalue weighted by atomic mass is 9.83. The van der Waals surface area contributed by atoms with Crippen LogP contribution in [0.3, 0.4) is 0 Å². The Labute approximate surface area is 222 Å². The predicted molar refractivity (Wildman–Crippen MR) is 165 cm³/mol. The number of benzene rings is 2. The largest absolute Gasteiger partial charge is 0.507 e. The summed E-state index contributed by atoms with van der Waals surface area (Å²) in [5, 5.41) is 11.7. The first kappa shape index (κ1) is 38.0. The summed E-state index contributed by atoms with van der Waals surface area (Å²) in [6.45, 7) is 23.9. The van der Waals surface area contributed by atoms with Crippen molar-refractivity contribution in [1.29, 1.82) is 0 Å². The fraction of sp³-hybridized carbons (Fsp3) is 0.706. The summed E-state index contributed by atoms with van der Waals surface area (Å²) in [5.74, 6) is 6.54. The maximum absolute atomic E-state index is 9.66.